The molecule has 0 aliphatic heterocycles. The highest BCUT2D eigenvalue weighted by molar-refractivity contribution is 5.94. The molecular formula is C14H18F2N2O3. The average Bonchev–Trinajstić information content (AvgIpc) is 2.38. The summed E-state index contributed by atoms with van der Waals surface area (Å²) < 4.78 is 31.4. The van der Waals surface area contributed by atoms with Gasteiger partial charge in [-0.3, -0.25) is 4.79 Å². The van der Waals surface area contributed by atoms with Gasteiger partial charge >= 0.3 is 5.97 Å². The van der Waals surface area contributed by atoms with Gasteiger partial charge in [-0.25, -0.2) is 13.6 Å². The first-order chi connectivity index (χ1) is 9.64. The van der Waals surface area contributed by atoms with Crippen LogP contribution in [0.4, 0.5) is 14.5 Å². The lowest BCUT2D eigenvalue weighted by atomic mass is 10.00. The minimum absolute atomic E-state index is 0.0773. The minimum Gasteiger partial charge on any atom is -0.465 e. The summed E-state index contributed by atoms with van der Waals surface area (Å²) in [5.74, 6) is -3.46. The van der Waals surface area contributed by atoms with Gasteiger partial charge in [-0.1, -0.05) is 0 Å². The van der Waals surface area contributed by atoms with Crippen molar-refractivity contribution in [1.29, 1.82) is 0 Å². The van der Waals surface area contributed by atoms with Gasteiger partial charge in [0, 0.05) is 18.0 Å². The molecule has 0 aromatic heterocycles. The standard InChI is InChI=1S/C14H18F2N2O3/c1-14(2,17)5-4-12(19)18-11-6-8(13(20)21-3)9(15)7-10(11)16/h6-7H,4-5,17H2,1-3H3,(H,18,19). The summed E-state index contributed by atoms with van der Waals surface area (Å²) in [5.41, 5.74) is 4.48. The summed E-state index contributed by atoms with van der Waals surface area (Å²) in [7, 11) is 1.08. The SMILES string of the molecule is COC(=O)c1cc(NC(=O)CCC(C)(C)N)c(F)cc1F. The number of amides is 1. The van der Waals surface area contributed by atoms with Crippen LogP contribution >= 0.6 is 0 Å². The fourth-order valence-electron chi connectivity index (χ4n) is 1.56. The maximum absolute atomic E-state index is 13.6. The molecule has 0 saturated carbocycles. The number of rotatable bonds is 5. The Balaban J connectivity index is 2.88. The minimum atomic E-state index is -1.06. The molecule has 1 amide bonds. The van der Waals surface area contributed by atoms with Crippen molar-refractivity contribution in [2.45, 2.75) is 32.2 Å². The molecule has 21 heavy (non-hydrogen) atoms. The summed E-state index contributed by atoms with van der Waals surface area (Å²) in [4.78, 5) is 23.0. The second-order valence-electron chi connectivity index (χ2n) is 5.34. The quantitative estimate of drug-likeness (QED) is 0.817. The van der Waals surface area contributed by atoms with Crippen molar-refractivity contribution in [2.75, 3.05) is 12.4 Å². The zero-order valence-electron chi connectivity index (χ0n) is 12.1. The van der Waals surface area contributed by atoms with Gasteiger partial charge < -0.3 is 15.8 Å². The van der Waals surface area contributed by atoms with E-state index in [1.54, 1.807) is 13.8 Å². The highest BCUT2D eigenvalue weighted by Crippen LogP contribution is 2.21. The summed E-state index contributed by atoms with van der Waals surface area (Å²) >= 11 is 0. The van der Waals surface area contributed by atoms with Crippen molar-refractivity contribution in [3.05, 3.63) is 29.3 Å². The molecule has 0 saturated heterocycles. The molecule has 0 radical (unpaired) electrons. The summed E-state index contributed by atoms with van der Waals surface area (Å²) in [5, 5.41) is 2.29. The lowest BCUT2D eigenvalue weighted by molar-refractivity contribution is -0.116. The van der Waals surface area contributed by atoms with Crippen molar-refractivity contribution in [3.8, 4) is 0 Å². The molecule has 0 spiro atoms. The van der Waals surface area contributed by atoms with Crippen LogP contribution in [0.25, 0.3) is 0 Å². The summed E-state index contributed by atoms with van der Waals surface area (Å²) in [6.45, 7) is 3.52. The number of ether oxygens (including phenoxy) is 1. The van der Waals surface area contributed by atoms with E-state index in [2.05, 4.69) is 10.1 Å². The Kier molecular flexibility index (Phi) is 5.37. The molecule has 0 atom stereocenters. The van der Waals surface area contributed by atoms with Crippen LogP contribution in [0.3, 0.4) is 0 Å². The predicted molar refractivity (Wildman–Crippen MR) is 73.8 cm³/mol. The molecule has 116 valence electrons. The molecule has 0 heterocycles. The monoisotopic (exact) mass is 300 g/mol. The molecule has 0 aliphatic carbocycles. The van der Waals surface area contributed by atoms with Gasteiger partial charge in [-0.15, -0.1) is 0 Å². The lowest BCUT2D eigenvalue weighted by Crippen LogP contribution is -2.33. The molecule has 5 nitrogen and oxygen atoms in total. The normalized spacial score (nSPS) is 11.1. The third kappa shape index (κ3) is 5.11. The number of hydrogen-bond acceptors (Lipinski definition) is 4. The van der Waals surface area contributed by atoms with Crippen molar-refractivity contribution in [3.63, 3.8) is 0 Å². The van der Waals surface area contributed by atoms with Gasteiger partial charge in [-0.05, 0) is 26.3 Å². The first kappa shape index (κ1) is 17.0. The second kappa shape index (κ2) is 6.62. The van der Waals surface area contributed by atoms with Gasteiger partial charge in [0.25, 0.3) is 0 Å². The van der Waals surface area contributed by atoms with E-state index < -0.39 is 34.6 Å². The Morgan fingerprint density at radius 3 is 2.43 bits per heavy atom. The topological polar surface area (TPSA) is 81.4 Å². The van der Waals surface area contributed by atoms with E-state index >= 15 is 0 Å². The number of methoxy groups -OCH3 is 1. The number of anilines is 1. The van der Waals surface area contributed by atoms with E-state index in [9.17, 15) is 18.4 Å². The molecule has 1 aromatic rings. The first-order valence-electron chi connectivity index (χ1n) is 6.30. The van der Waals surface area contributed by atoms with Gasteiger partial charge in [0.05, 0.1) is 18.4 Å². The smallest absolute Gasteiger partial charge is 0.340 e. The van der Waals surface area contributed by atoms with Crippen LogP contribution in [-0.2, 0) is 9.53 Å². The van der Waals surface area contributed by atoms with E-state index in [0.29, 0.717) is 12.5 Å². The zero-order chi connectivity index (χ0) is 16.2. The van der Waals surface area contributed by atoms with E-state index in [1.165, 1.54) is 0 Å². The highest BCUT2D eigenvalue weighted by Gasteiger charge is 2.19. The number of carbonyl (C=O) groups is 2. The Morgan fingerprint density at radius 1 is 1.29 bits per heavy atom. The number of nitrogens with one attached hydrogen (secondary N) is 1. The number of carbonyl (C=O) groups excluding carboxylic acids is 2. The molecule has 0 bridgehead atoms. The van der Waals surface area contributed by atoms with E-state index in [-0.39, 0.29) is 12.1 Å². The Bertz CT molecular complexity index is 554. The lowest BCUT2D eigenvalue weighted by Gasteiger charge is -2.17. The fourth-order valence-corrected chi connectivity index (χ4v) is 1.56. The largest absolute Gasteiger partial charge is 0.465 e. The van der Waals surface area contributed by atoms with Crippen LogP contribution in [0.2, 0.25) is 0 Å². The Hall–Kier alpha value is -2.02. The Labute approximate surface area is 121 Å². The molecule has 0 aliphatic rings. The van der Waals surface area contributed by atoms with Crippen molar-refractivity contribution in [2.24, 2.45) is 5.73 Å². The maximum atomic E-state index is 13.6. The fraction of sp³-hybridized carbons (Fsp3) is 0.429. The molecule has 0 unspecified atom stereocenters. The molecule has 0 fully saturated rings. The molecule has 1 aromatic carbocycles. The molecular weight excluding hydrogens is 282 g/mol. The second-order valence-corrected chi connectivity index (χ2v) is 5.34. The van der Waals surface area contributed by atoms with Crippen molar-refractivity contribution in [1.82, 2.24) is 0 Å². The van der Waals surface area contributed by atoms with Crippen LogP contribution in [0.15, 0.2) is 12.1 Å². The van der Waals surface area contributed by atoms with Crippen LogP contribution < -0.4 is 11.1 Å². The maximum Gasteiger partial charge on any atom is 0.340 e. The van der Waals surface area contributed by atoms with Gasteiger partial charge in [0.2, 0.25) is 5.91 Å². The van der Waals surface area contributed by atoms with Crippen molar-refractivity contribution < 1.29 is 23.1 Å². The summed E-state index contributed by atoms with van der Waals surface area (Å²) in [6, 6.07) is 1.43. The number of esters is 1. The van der Waals surface area contributed by atoms with Gasteiger partial charge in [0.15, 0.2) is 0 Å². The number of halogens is 2. The average molecular weight is 300 g/mol. The van der Waals surface area contributed by atoms with E-state index in [4.69, 9.17) is 5.73 Å². The van der Waals surface area contributed by atoms with E-state index in [1.807, 2.05) is 0 Å². The molecule has 7 heteroatoms. The summed E-state index contributed by atoms with van der Waals surface area (Å²) in [6.07, 6.45) is 0.472. The molecule has 1 rings (SSSR count). The van der Waals surface area contributed by atoms with Crippen LogP contribution in [0.5, 0.6) is 0 Å². The number of benzene rings is 1. The van der Waals surface area contributed by atoms with Crippen LogP contribution in [-0.4, -0.2) is 24.5 Å². The Morgan fingerprint density at radius 2 is 1.90 bits per heavy atom. The van der Waals surface area contributed by atoms with Gasteiger partial charge in [-0.2, -0.15) is 0 Å². The molecule has 3 N–H and O–H groups in total. The zero-order valence-corrected chi connectivity index (χ0v) is 12.1. The van der Waals surface area contributed by atoms with E-state index in [0.717, 1.165) is 13.2 Å². The third-order valence-corrected chi connectivity index (χ3v) is 2.73. The van der Waals surface area contributed by atoms with Crippen LogP contribution in [0, 0.1) is 11.6 Å². The first-order valence-corrected chi connectivity index (χ1v) is 6.30. The predicted octanol–water partition coefficient (Wildman–Crippen LogP) is 2.21. The number of nitrogens with two attached hydrogens (primary N) is 1. The third-order valence-electron chi connectivity index (χ3n) is 2.73. The highest BCUT2D eigenvalue weighted by atomic mass is 19.1. The van der Waals surface area contributed by atoms with Gasteiger partial charge in [0.1, 0.15) is 11.6 Å². The van der Waals surface area contributed by atoms with Crippen molar-refractivity contribution >= 4 is 17.6 Å². The van der Waals surface area contributed by atoms with Crippen LogP contribution in [0.1, 0.15) is 37.0 Å². The number of hydrogen-bond donors (Lipinski definition) is 2.